The van der Waals surface area contributed by atoms with E-state index in [0.29, 0.717) is 0 Å². The molecule has 0 aromatic heterocycles. The Balaban J connectivity index is 0. The zero-order valence-electron chi connectivity index (χ0n) is 1.86. The average molecular weight is 109 g/mol. The van der Waals surface area contributed by atoms with Crippen LogP contribution in [-0.2, 0) is 26.2 Å². The normalized spacial score (nSPS) is 3.00. The summed E-state index contributed by atoms with van der Waals surface area (Å²) in [6.45, 7) is 0. The van der Waals surface area contributed by atoms with E-state index in [2.05, 4.69) is 0 Å². The van der Waals surface area contributed by atoms with Crippen molar-refractivity contribution in [3.63, 3.8) is 0 Å². The number of hydrogen-bond acceptors (Lipinski definition) is 1. The Morgan fingerprint density at radius 2 is 1.75 bits per heavy atom. The maximum atomic E-state index is 8.51. The van der Waals surface area contributed by atoms with E-state index in [9.17, 15) is 0 Å². The quantitative estimate of drug-likeness (QED) is 0.402. The molecule has 2 nitrogen and oxygen atoms in total. The third-order valence-electron chi connectivity index (χ3n) is 0. The average Bonchev–Trinajstić information content (AvgIpc) is 0.918. The number of rotatable bonds is 0. The van der Waals surface area contributed by atoms with Crippen molar-refractivity contribution in [1.82, 2.24) is 0 Å². The Hall–Kier alpha value is 0.531. The van der Waals surface area contributed by atoms with Gasteiger partial charge in [0.25, 0.3) is 0 Å². The van der Waals surface area contributed by atoms with Gasteiger partial charge in [0.2, 0.25) is 0 Å². The topological polar surface area (TPSA) is 37.3 Å². The Morgan fingerprint density at radius 3 is 1.75 bits per heavy atom. The van der Waals surface area contributed by atoms with Gasteiger partial charge in [-0.1, -0.05) is 0 Å². The zero-order valence-corrected chi connectivity index (χ0v) is 4.42. The van der Waals surface area contributed by atoms with Crippen LogP contribution in [0.4, 0.5) is 0 Å². The van der Waals surface area contributed by atoms with Crippen molar-refractivity contribution in [2.24, 2.45) is 0 Å². The fourth-order valence-electron chi connectivity index (χ4n) is 0. The molecule has 0 aromatic carbocycles. The molecule has 0 unspecified atom stereocenters. The summed E-state index contributed by atoms with van der Waals surface area (Å²) < 4.78 is 8.51. The molecule has 0 saturated heterocycles. The van der Waals surface area contributed by atoms with Crippen molar-refractivity contribution < 1.29 is 31.0 Å². The van der Waals surface area contributed by atoms with Crippen molar-refractivity contribution in [2.45, 2.75) is 0 Å². The molecule has 0 atom stereocenters. The van der Waals surface area contributed by atoms with E-state index in [1.165, 1.54) is 0 Å². The summed E-state index contributed by atoms with van der Waals surface area (Å²) in [7, 11) is -1.17. The zero-order chi connectivity index (χ0) is 2.71. The van der Waals surface area contributed by atoms with Crippen LogP contribution in [0.5, 0.6) is 0 Å². The molecule has 0 aliphatic carbocycles. The molecule has 21 valence electrons. The van der Waals surface area contributed by atoms with Crippen molar-refractivity contribution >= 4 is 9.65 Å². The predicted molar refractivity (Wildman–Crippen MR) is 8.66 cm³/mol. The first-order chi connectivity index (χ1) is 1.41. The van der Waals surface area contributed by atoms with E-state index in [1.54, 1.807) is 0 Å². The SMILES string of the molecule is O=[Si]O.[Ti]. The van der Waals surface area contributed by atoms with Crippen molar-refractivity contribution in [3.8, 4) is 0 Å². The van der Waals surface area contributed by atoms with E-state index in [1.807, 2.05) is 0 Å². The Labute approximate surface area is 41.1 Å². The molecule has 4 heavy (non-hydrogen) atoms. The van der Waals surface area contributed by atoms with E-state index in [-0.39, 0.29) is 21.7 Å². The molecule has 0 aliphatic rings. The molecular formula is HO2SiTi. The molecule has 1 N–H and O–H groups in total. The van der Waals surface area contributed by atoms with Crippen molar-refractivity contribution in [1.29, 1.82) is 0 Å². The van der Waals surface area contributed by atoms with Crippen molar-refractivity contribution in [2.75, 3.05) is 0 Å². The molecule has 0 rings (SSSR count). The van der Waals surface area contributed by atoms with E-state index < -0.39 is 9.65 Å². The van der Waals surface area contributed by atoms with E-state index in [4.69, 9.17) is 9.26 Å². The van der Waals surface area contributed by atoms with Gasteiger partial charge in [0.05, 0.1) is 0 Å². The third kappa shape index (κ3) is 21.0. The second-order valence-corrected chi connectivity index (χ2v) is 0.274. The molecule has 0 heterocycles. The van der Waals surface area contributed by atoms with Gasteiger partial charge in [-0.05, 0) is 0 Å². The summed E-state index contributed by atoms with van der Waals surface area (Å²) >= 11 is 0. The Bertz CT molecular complexity index is 13.5. The van der Waals surface area contributed by atoms with Crippen LogP contribution < -0.4 is 0 Å². The minimum Gasteiger partial charge on any atom is -0.536 e. The summed E-state index contributed by atoms with van der Waals surface area (Å²) in [5.74, 6) is 0. The van der Waals surface area contributed by atoms with Gasteiger partial charge in [0, 0.05) is 21.7 Å². The van der Waals surface area contributed by atoms with Crippen LogP contribution in [0, 0.1) is 0 Å². The van der Waals surface area contributed by atoms with Crippen LogP contribution in [-0.4, -0.2) is 14.4 Å². The molecule has 0 aliphatic heterocycles. The van der Waals surface area contributed by atoms with E-state index >= 15 is 0 Å². The molecule has 0 aromatic rings. The summed E-state index contributed by atoms with van der Waals surface area (Å²) in [6.07, 6.45) is 0. The van der Waals surface area contributed by atoms with Crippen LogP contribution in [0.15, 0.2) is 0 Å². The minimum atomic E-state index is -1.17. The Kier molecular flexibility index (Phi) is 21.3. The van der Waals surface area contributed by atoms with Crippen molar-refractivity contribution in [3.05, 3.63) is 0 Å². The van der Waals surface area contributed by atoms with Gasteiger partial charge in [-0.25, -0.2) is 0 Å². The first-order valence-electron chi connectivity index (χ1n) is 0.428. The second-order valence-electron chi connectivity index (χ2n) is 0.0913. The summed E-state index contributed by atoms with van der Waals surface area (Å²) in [6, 6.07) is 0. The molecule has 0 amide bonds. The second kappa shape index (κ2) is 9.65. The molecule has 0 spiro atoms. The van der Waals surface area contributed by atoms with Crippen LogP contribution in [0.25, 0.3) is 0 Å². The third-order valence-corrected chi connectivity index (χ3v) is 0. The monoisotopic (exact) mass is 109 g/mol. The molecule has 4 heteroatoms. The largest absolute Gasteiger partial charge is 0.591 e. The standard InChI is InChI=1S/HO2Si.Ti/c1-3-2;/h1H;. The van der Waals surface area contributed by atoms with Gasteiger partial charge >= 0.3 is 9.65 Å². The number of hydrogen-bond donors (Lipinski definition) is 1. The van der Waals surface area contributed by atoms with Gasteiger partial charge in [0.15, 0.2) is 0 Å². The van der Waals surface area contributed by atoms with Crippen LogP contribution in [0.1, 0.15) is 0 Å². The minimum absolute atomic E-state index is 0. The molecule has 0 fully saturated rings. The van der Waals surface area contributed by atoms with Gasteiger partial charge < -0.3 is 9.26 Å². The fraction of sp³-hybridized carbons (Fsp3) is 0. The molecule has 1 radical (unpaired) electrons. The van der Waals surface area contributed by atoms with Gasteiger partial charge in [-0.3, -0.25) is 0 Å². The summed E-state index contributed by atoms with van der Waals surface area (Å²) in [5, 5.41) is 0. The Morgan fingerprint density at radius 1 is 1.75 bits per heavy atom. The van der Waals surface area contributed by atoms with Gasteiger partial charge in [-0.2, -0.15) is 0 Å². The van der Waals surface area contributed by atoms with Gasteiger partial charge in [0.1, 0.15) is 0 Å². The maximum Gasteiger partial charge on any atom is 0.591 e. The van der Waals surface area contributed by atoms with E-state index in [0.717, 1.165) is 0 Å². The van der Waals surface area contributed by atoms with Crippen LogP contribution in [0.3, 0.4) is 0 Å². The maximum absolute atomic E-state index is 8.51. The molecule has 0 bridgehead atoms. The first kappa shape index (κ1) is 8.82. The predicted octanol–water partition coefficient (Wildman–Crippen LogP) is -1.06. The first-order valence-corrected chi connectivity index (χ1v) is 1.28. The summed E-state index contributed by atoms with van der Waals surface area (Å²) in [4.78, 5) is 7.04. The van der Waals surface area contributed by atoms with Crippen LogP contribution in [0.2, 0.25) is 0 Å². The summed E-state index contributed by atoms with van der Waals surface area (Å²) in [5.41, 5.74) is 0. The van der Waals surface area contributed by atoms with Crippen LogP contribution >= 0.6 is 0 Å². The van der Waals surface area contributed by atoms with Gasteiger partial charge in [-0.15, -0.1) is 0 Å². The molecular weight excluding hydrogens is 108 g/mol. The smallest absolute Gasteiger partial charge is 0.536 e. The fourth-order valence-corrected chi connectivity index (χ4v) is 0. The molecule has 0 saturated carbocycles.